The van der Waals surface area contributed by atoms with Crippen LogP contribution in [0.2, 0.25) is 5.02 Å². The minimum atomic E-state index is -3.59. The van der Waals surface area contributed by atoms with E-state index in [-0.39, 0.29) is 29.3 Å². The van der Waals surface area contributed by atoms with E-state index < -0.39 is 10.0 Å². The molecule has 0 radical (unpaired) electrons. The van der Waals surface area contributed by atoms with Crippen LogP contribution in [0.15, 0.2) is 41.3 Å². The van der Waals surface area contributed by atoms with E-state index in [0.29, 0.717) is 35.4 Å². The highest BCUT2D eigenvalue weighted by Crippen LogP contribution is 2.34. The van der Waals surface area contributed by atoms with Gasteiger partial charge in [0, 0.05) is 36.3 Å². The molecule has 1 aliphatic rings. The van der Waals surface area contributed by atoms with Crippen molar-refractivity contribution in [1.29, 1.82) is 0 Å². The summed E-state index contributed by atoms with van der Waals surface area (Å²) in [6.45, 7) is 5.53. The molecule has 2 heterocycles. The molecule has 3 aromatic rings. The second kappa shape index (κ2) is 11.8. The average Bonchev–Trinajstić information content (AvgIpc) is 3.23. The van der Waals surface area contributed by atoms with E-state index in [1.54, 1.807) is 21.3 Å². The molecular formula is C25H32Cl2N4O3S2. The molecule has 1 atom stereocenters. The molecule has 0 aliphatic carbocycles. The normalized spacial score (nSPS) is 16.8. The SMILES string of the molecule is Cc1cc(Cl)cc2sc(N(CCN(C)C)C(=O)c3ccc(S(=O)(=O)N4CCCCC4C)cc3)nc12.Cl. The van der Waals surface area contributed by atoms with Crippen LogP contribution in [0.3, 0.4) is 0 Å². The predicted octanol–water partition coefficient (Wildman–Crippen LogP) is 5.45. The summed E-state index contributed by atoms with van der Waals surface area (Å²) in [5, 5.41) is 1.23. The summed E-state index contributed by atoms with van der Waals surface area (Å²) in [4.78, 5) is 22.2. The molecule has 196 valence electrons. The Kier molecular flexibility index (Phi) is 9.41. The summed E-state index contributed by atoms with van der Waals surface area (Å²) in [6.07, 6.45) is 2.78. The lowest BCUT2D eigenvalue weighted by atomic mass is 10.1. The molecule has 2 aromatic carbocycles. The quantitative estimate of drug-likeness (QED) is 0.377. The zero-order valence-electron chi connectivity index (χ0n) is 20.9. The summed E-state index contributed by atoms with van der Waals surface area (Å²) >= 11 is 7.65. The number of hydrogen-bond donors (Lipinski definition) is 0. The summed E-state index contributed by atoms with van der Waals surface area (Å²) in [5.41, 5.74) is 2.20. The molecule has 36 heavy (non-hydrogen) atoms. The lowest BCUT2D eigenvalue weighted by Gasteiger charge is -2.32. The van der Waals surface area contributed by atoms with Crippen molar-refractivity contribution >= 4 is 66.6 Å². The maximum atomic E-state index is 13.6. The third-order valence-corrected chi connectivity index (χ3v) is 9.61. The van der Waals surface area contributed by atoms with Crippen LogP contribution >= 0.6 is 35.3 Å². The Morgan fingerprint density at radius 1 is 1.17 bits per heavy atom. The number of hydrogen-bond acceptors (Lipinski definition) is 6. The van der Waals surface area contributed by atoms with Crippen molar-refractivity contribution in [3.05, 3.63) is 52.5 Å². The van der Waals surface area contributed by atoms with Gasteiger partial charge in [-0.05, 0) is 82.7 Å². The molecule has 4 rings (SSSR count). The first-order chi connectivity index (χ1) is 16.6. The van der Waals surface area contributed by atoms with Gasteiger partial charge < -0.3 is 4.90 Å². The van der Waals surface area contributed by atoms with Gasteiger partial charge in [0.1, 0.15) is 0 Å². The van der Waals surface area contributed by atoms with Crippen molar-refractivity contribution in [3.63, 3.8) is 0 Å². The molecule has 1 fully saturated rings. The fraction of sp³-hybridized carbons (Fsp3) is 0.440. The van der Waals surface area contributed by atoms with E-state index in [9.17, 15) is 13.2 Å². The number of sulfonamides is 1. The van der Waals surface area contributed by atoms with Crippen molar-refractivity contribution in [1.82, 2.24) is 14.2 Å². The third-order valence-electron chi connectivity index (χ3n) is 6.34. The number of amides is 1. The molecule has 11 heteroatoms. The van der Waals surface area contributed by atoms with E-state index in [4.69, 9.17) is 16.6 Å². The van der Waals surface area contributed by atoms with Gasteiger partial charge in [0.15, 0.2) is 5.13 Å². The first-order valence-corrected chi connectivity index (χ1v) is 14.4. The second-order valence-corrected chi connectivity index (χ2v) is 12.6. The number of halogens is 2. The molecular weight excluding hydrogens is 539 g/mol. The number of aryl methyl sites for hydroxylation is 1. The smallest absolute Gasteiger partial charge is 0.260 e. The number of rotatable bonds is 7. The van der Waals surface area contributed by atoms with Gasteiger partial charge in [-0.1, -0.05) is 29.4 Å². The van der Waals surface area contributed by atoms with Crippen LogP contribution in [-0.4, -0.2) is 68.3 Å². The van der Waals surface area contributed by atoms with Gasteiger partial charge in [0.2, 0.25) is 10.0 Å². The van der Waals surface area contributed by atoms with Gasteiger partial charge >= 0.3 is 0 Å². The van der Waals surface area contributed by atoms with Crippen LogP contribution in [0.1, 0.15) is 42.1 Å². The van der Waals surface area contributed by atoms with Crippen LogP contribution in [0.4, 0.5) is 5.13 Å². The number of fused-ring (bicyclic) bond motifs is 1. The fourth-order valence-electron chi connectivity index (χ4n) is 4.33. The summed E-state index contributed by atoms with van der Waals surface area (Å²) in [5.74, 6) is -0.218. The van der Waals surface area contributed by atoms with Gasteiger partial charge in [0.05, 0.1) is 15.1 Å². The largest absolute Gasteiger partial charge is 0.308 e. The standard InChI is InChI=1S/C25H31ClN4O3S2.ClH/c1-17-15-20(26)16-22-23(17)27-25(34-22)29(14-13-28(3)4)24(31)19-8-10-21(11-9-19)35(32,33)30-12-6-5-7-18(30)2;/h8-11,15-16,18H,5-7,12-14H2,1-4H3;1H. The minimum Gasteiger partial charge on any atom is -0.308 e. The van der Waals surface area contributed by atoms with Crippen LogP contribution in [0, 0.1) is 6.92 Å². The molecule has 1 saturated heterocycles. The van der Waals surface area contributed by atoms with Crippen molar-refractivity contribution in [2.75, 3.05) is 38.6 Å². The van der Waals surface area contributed by atoms with Gasteiger partial charge in [-0.15, -0.1) is 12.4 Å². The number of nitrogens with zero attached hydrogens (tertiary/aromatic N) is 4. The van der Waals surface area contributed by atoms with E-state index in [1.807, 2.05) is 45.0 Å². The van der Waals surface area contributed by atoms with Gasteiger partial charge in [-0.3, -0.25) is 9.69 Å². The number of aromatic nitrogens is 1. The molecule has 1 amide bonds. The van der Waals surface area contributed by atoms with Crippen LogP contribution in [0.25, 0.3) is 10.2 Å². The Balaban J connectivity index is 0.00000361. The van der Waals surface area contributed by atoms with Gasteiger partial charge in [-0.25, -0.2) is 13.4 Å². The zero-order valence-corrected chi connectivity index (χ0v) is 24.1. The van der Waals surface area contributed by atoms with Crippen molar-refractivity contribution in [2.45, 2.75) is 44.0 Å². The van der Waals surface area contributed by atoms with E-state index in [2.05, 4.69) is 0 Å². The van der Waals surface area contributed by atoms with E-state index >= 15 is 0 Å². The fourth-order valence-corrected chi connectivity index (χ4v) is 7.48. The molecule has 0 N–H and O–H groups in total. The number of carbonyl (C=O) groups is 1. The first kappa shape index (κ1) is 28.8. The Bertz CT molecular complexity index is 1330. The molecule has 1 aromatic heterocycles. The maximum Gasteiger partial charge on any atom is 0.260 e. The number of likely N-dealkylation sites (N-methyl/N-ethyl adjacent to an activating group) is 1. The molecule has 0 bridgehead atoms. The molecule has 1 aliphatic heterocycles. The molecule has 7 nitrogen and oxygen atoms in total. The number of thiazole rings is 1. The number of benzene rings is 2. The maximum absolute atomic E-state index is 13.6. The Hall–Kier alpha value is -1.75. The number of piperidine rings is 1. The topological polar surface area (TPSA) is 73.8 Å². The van der Waals surface area contributed by atoms with Crippen molar-refractivity contribution in [2.24, 2.45) is 0 Å². The van der Waals surface area contributed by atoms with Gasteiger partial charge in [0.25, 0.3) is 5.91 Å². The number of carbonyl (C=O) groups excluding carboxylic acids is 1. The average molecular weight is 572 g/mol. The summed E-state index contributed by atoms with van der Waals surface area (Å²) in [7, 11) is 0.306. The first-order valence-electron chi connectivity index (χ1n) is 11.7. The Labute approximate surface area is 228 Å². The highest BCUT2D eigenvalue weighted by atomic mass is 35.5. The van der Waals surface area contributed by atoms with Gasteiger partial charge in [-0.2, -0.15) is 4.31 Å². The Morgan fingerprint density at radius 3 is 2.50 bits per heavy atom. The van der Waals surface area contributed by atoms with Crippen LogP contribution in [0.5, 0.6) is 0 Å². The molecule has 0 spiro atoms. The highest BCUT2D eigenvalue weighted by molar-refractivity contribution is 7.89. The van der Waals surface area contributed by atoms with Crippen molar-refractivity contribution in [3.8, 4) is 0 Å². The highest BCUT2D eigenvalue weighted by Gasteiger charge is 2.31. The summed E-state index contributed by atoms with van der Waals surface area (Å²) < 4.78 is 28.8. The second-order valence-electron chi connectivity index (χ2n) is 9.31. The van der Waals surface area contributed by atoms with E-state index in [0.717, 1.165) is 35.0 Å². The van der Waals surface area contributed by atoms with E-state index in [1.165, 1.54) is 23.5 Å². The minimum absolute atomic E-state index is 0. The monoisotopic (exact) mass is 570 g/mol. The van der Waals surface area contributed by atoms with Crippen LogP contribution < -0.4 is 4.90 Å². The zero-order chi connectivity index (χ0) is 25.3. The lowest BCUT2D eigenvalue weighted by molar-refractivity contribution is 0.0985. The molecule has 0 saturated carbocycles. The lowest BCUT2D eigenvalue weighted by Crippen LogP contribution is -2.41. The molecule has 1 unspecified atom stereocenters. The van der Waals surface area contributed by atoms with Crippen LogP contribution in [-0.2, 0) is 10.0 Å². The Morgan fingerprint density at radius 2 is 1.86 bits per heavy atom. The number of anilines is 1. The predicted molar refractivity (Wildman–Crippen MR) is 150 cm³/mol. The van der Waals surface area contributed by atoms with Crippen molar-refractivity contribution < 1.29 is 13.2 Å². The third kappa shape index (κ3) is 6.03. The summed E-state index contributed by atoms with van der Waals surface area (Å²) in [6, 6.07) is 9.98.